The first kappa shape index (κ1) is 16.8. The van der Waals surface area contributed by atoms with E-state index in [-0.39, 0.29) is 12.4 Å². The van der Waals surface area contributed by atoms with Crippen molar-refractivity contribution >= 4 is 18.3 Å². The Morgan fingerprint density at radius 2 is 1.84 bits per heavy atom. The maximum atomic E-state index is 12.1. The zero-order valence-electron chi connectivity index (χ0n) is 12.0. The number of amides is 1. The third-order valence-electron chi connectivity index (χ3n) is 4.42. The lowest BCUT2D eigenvalue weighted by Gasteiger charge is -2.23. The second kappa shape index (κ2) is 9.60. The van der Waals surface area contributed by atoms with E-state index in [9.17, 15) is 4.79 Å². The lowest BCUT2D eigenvalue weighted by molar-refractivity contribution is -0.131. The van der Waals surface area contributed by atoms with Crippen LogP contribution in [-0.2, 0) is 4.79 Å². The molecule has 2 aliphatic rings. The number of halogens is 1. The number of rotatable bonds is 4. The van der Waals surface area contributed by atoms with Gasteiger partial charge in [-0.05, 0) is 31.7 Å². The maximum Gasteiger partial charge on any atom is 0.222 e. The van der Waals surface area contributed by atoms with E-state index >= 15 is 0 Å². The van der Waals surface area contributed by atoms with E-state index < -0.39 is 0 Å². The maximum absolute atomic E-state index is 12.1. The van der Waals surface area contributed by atoms with Crippen molar-refractivity contribution < 1.29 is 4.79 Å². The summed E-state index contributed by atoms with van der Waals surface area (Å²) in [4.78, 5) is 14.1. The number of hydrogen-bond acceptors (Lipinski definition) is 2. The second-order valence-corrected chi connectivity index (χ2v) is 5.88. The lowest BCUT2D eigenvalue weighted by atomic mass is 9.86. The van der Waals surface area contributed by atoms with Crippen LogP contribution in [0, 0.1) is 5.92 Å². The summed E-state index contributed by atoms with van der Waals surface area (Å²) >= 11 is 0. The number of carbonyl (C=O) groups excluding carboxylic acids is 1. The highest BCUT2D eigenvalue weighted by atomic mass is 35.5. The Morgan fingerprint density at radius 3 is 2.63 bits per heavy atom. The molecular formula is C15H29ClN2O. The topological polar surface area (TPSA) is 32.3 Å². The molecule has 0 atom stereocenters. The van der Waals surface area contributed by atoms with E-state index in [4.69, 9.17) is 0 Å². The molecule has 0 aromatic rings. The molecule has 0 radical (unpaired) electrons. The molecule has 0 aromatic carbocycles. The molecule has 1 amide bonds. The van der Waals surface area contributed by atoms with Crippen molar-refractivity contribution in [3.63, 3.8) is 0 Å². The highest BCUT2D eigenvalue weighted by Gasteiger charge is 2.17. The van der Waals surface area contributed by atoms with E-state index in [1.165, 1.54) is 38.5 Å². The third-order valence-corrected chi connectivity index (χ3v) is 4.42. The monoisotopic (exact) mass is 288 g/mol. The quantitative estimate of drug-likeness (QED) is 0.862. The van der Waals surface area contributed by atoms with Crippen molar-refractivity contribution in [2.75, 3.05) is 26.2 Å². The minimum absolute atomic E-state index is 0. The summed E-state index contributed by atoms with van der Waals surface area (Å²) in [5, 5.41) is 3.35. The highest BCUT2D eigenvalue weighted by Crippen LogP contribution is 2.27. The Bertz CT molecular complexity index is 247. The fourth-order valence-corrected chi connectivity index (χ4v) is 3.27. The molecule has 3 nitrogen and oxygen atoms in total. The molecule has 2 fully saturated rings. The molecule has 1 aliphatic carbocycles. The average molecular weight is 289 g/mol. The lowest BCUT2D eigenvalue weighted by Crippen LogP contribution is -2.34. The van der Waals surface area contributed by atoms with Gasteiger partial charge in [-0.25, -0.2) is 0 Å². The van der Waals surface area contributed by atoms with Crippen molar-refractivity contribution in [3.8, 4) is 0 Å². The van der Waals surface area contributed by atoms with Crippen LogP contribution in [0.15, 0.2) is 0 Å². The van der Waals surface area contributed by atoms with Gasteiger partial charge in [-0.2, -0.15) is 0 Å². The van der Waals surface area contributed by atoms with Gasteiger partial charge in [0.25, 0.3) is 0 Å². The van der Waals surface area contributed by atoms with Crippen LogP contribution < -0.4 is 5.32 Å². The SMILES string of the molecule is Cl.O=C(CCCC1CCCCC1)N1CCCNCC1. The van der Waals surface area contributed by atoms with Gasteiger partial charge in [-0.3, -0.25) is 4.79 Å². The summed E-state index contributed by atoms with van der Waals surface area (Å²) in [5.41, 5.74) is 0. The van der Waals surface area contributed by atoms with Gasteiger partial charge < -0.3 is 10.2 Å². The molecule has 1 saturated heterocycles. The predicted molar refractivity (Wildman–Crippen MR) is 81.7 cm³/mol. The average Bonchev–Trinajstić information content (AvgIpc) is 2.69. The van der Waals surface area contributed by atoms with Gasteiger partial charge in [-0.1, -0.05) is 32.1 Å². The third kappa shape index (κ3) is 6.13. The highest BCUT2D eigenvalue weighted by molar-refractivity contribution is 5.85. The van der Waals surface area contributed by atoms with Gasteiger partial charge in [-0.15, -0.1) is 12.4 Å². The largest absolute Gasteiger partial charge is 0.341 e. The van der Waals surface area contributed by atoms with Crippen LogP contribution in [0.4, 0.5) is 0 Å². The smallest absolute Gasteiger partial charge is 0.222 e. The minimum Gasteiger partial charge on any atom is -0.341 e. The number of nitrogens with one attached hydrogen (secondary N) is 1. The van der Waals surface area contributed by atoms with Crippen LogP contribution in [-0.4, -0.2) is 37.0 Å². The molecule has 2 rings (SSSR count). The van der Waals surface area contributed by atoms with Gasteiger partial charge in [0.2, 0.25) is 5.91 Å². The number of hydrogen-bond donors (Lipinski definition) is 1. The van der Waals surface area contributed by atoms with Crippen LogP contribution >= 0.6 is 12.4 Å². The van der Waals surface area contributed by atoms with Crippen molar-refractivity contribution in [1.82, 2.24) is 10.2 Å². The van der Waals surface area contributed by atoms with Gasteiger partial charge >= 0.3 is 0 Å². The summed E-state index contributed by atoms with van der Waals surface area (Å²) in [5.74, 6) is 1.30. The normalized spacial score (nSPS) is 21.6. The Hall–Kier alpha value is -0.280. The minimum atomic E-state index is 0. The van der Waals surface area contributed by atoms with Crippen molar-refractivity contribution in [2.24, 2.45) is 5.92 Å². The number of nitrogens with zero attached hydrogens (tertiary/aromatic N) is 1. The second-order valence-electron chi connectivity index (χ2n) is 5.88. The summed E-state index contributed by atoms with van der Waals surface area (Å²) in [7, 11) is 0. The fourth-order valence-electron chi connectivity index (χ4n) is 3.27. The zero-order valence-corrected chi connectivity index (χ0v) is 12.8. The van der Waals surface area contributed by atoms with Gasteiger partial charge in [0.15, 0.2) is 0 Å². The molecular weight excluding hydrogens is 260 g/mol. The first-order valence-corrected chi connectivity index (χ1v) is 7.85. The number of carbonyl (C=O) groups is 1. The predicted octanol–water partition coefficient (Wildman–Crippen LogP) is 2.98. The van der Waals surface area contributed by atoms with Crippen LogP contribution in [0.1, 0.15) is 57.8 Å². The molecule has 1 saturated carbocycles. The van der Waals surface area contributed by atoms with Gasteiger partial charge in [0.05, 0.1) is 0 Å². The summed E-state index contributed by atoms with van der Waals surface area (Å²) < 4.78 is 0. The van der Waals surface area contributed by atoms with E-state index in [2.05, 4.69) is 10.2 Å². The molecule has 4 heteroatoms. The summed E-state index contributed by atoms with van der Waals surface area (Å²) in [6, 6.07) is 0. The first-order chi connectivity index (χ1) is 8.86. The molecule has 1 N–H and O–H groups in total. The molecule has 1 heterocycles. The molecule has 0 bridgehead atoms. The van der Waals surface area contributed by atoms with Crippen LogP contribution in [0.25, 0.3) is 0 Å². The molecule has 0 unspecified atom stereocenters. The van der Waals surface area contributed by atoms with Gasteiger partial charge in [0.1, 0.15) is 0 Å². The molecule has 112 valence electrons. The molecule has 19 heavy (non-hydrogen) atoms. The van der Waals surface area contributed by atoms with Crippen molar-refractivity contribution in [3.05, 3.63) is 0 Å². The van der Waals surface area contributed by atoms with Crippen LogP contribution in [0.5, 0.6) is 0 Å². The van der Waals surface area contributed by atoms with Gasteiger partial charge in [0, 0.05) is 26.1 Å². The van der Waals surface area contributed by atoms with E-state index in [1.807, 2.05) is 0 Å². The summed E-state index contributed by atoms with van der Waals surface area (Å²) in [6.45, 7) is 3.89. The fraction of sp³-hybridized carbons (Fsp3) is 0.933. The zero-order chi connectivity index (χ0) is 12.6. The van der Waals surface area contributed by atoms with Crippen LogP contribution in [0.3, 0.4) is 0 Å². The van der Waals surface area contributed by atoms with E-state index in [0.717, 1.165) is 51.4 Å². The molecule has 0 aromatic heterocycles. The molecule has 1 aliphatic heterocycles. The Kier molecular flexibility index (Phi) is 8.47. The Labute approximate surface area is 123 Å². The van der Waals surface area contributed by atoms with Crippen LogP contribution in [0.2, 0.25) is 0 Å². The first-order valence-electron chi connectivity index (χ1n) is 7.85. The Balaban J connectivity index is 0.00000180. The van der Waals surface area contributed by atoms with E-state index in [0.29, 0.717) is 5.91 Å². The molecule has 0 spiro atoms. The Morgan fingerprint density at radius 1 is 1.05 bits per heavy atom. The van der Waals surface area contributed by atoms with E-state index in [1.54, 1.807) is 0 Å². The standard InChI is InChI=1S/C15H28N2O.ClH/c18-15(17-12-5-10-16-11-13-17)9-4-8-14-6-2-1-3-7-14;/h14,16H,1-13H2;1H. The van der Waals surface area contributed by atoms with Crippen molar-refractivity contribution in [1.29, 1.82) is 0 Å². The summed E-state index contributed by atoms with van der Waals surface area (Å²) in [6.07, 6.45) is 11.3. The van der Waals surface area contributed by atoms with Crippen molar-refractivity contribution in [2.45, 2.75) is 57.8 Å².